The van der Waals surface area contributed by atoms with Crippen LogP contribution in [0.25, 0.3) is 33.4 Å². The Hall–Kier alpha value is -4.84. The van der Waals surface area contributed by atoms with Gasteiger partial charge in [0, 0.05) is 55.9 Å². The van der Waals surface area contributed by atoms with Gasteiger partial charge in [-0.3, -0.25) is 4.79 Å². The van der Waals surface area contributed by atoms with Crippen molar-refractivity contribution in [2.75, 3.05) is 56.2 Å². The number of ether oxygens (including phenoxy) is 1. The van der Waals surface area contributed by atoms with Crippen molar-refractivity contribution in [2.24, 2.45) is 0 Å². The smallest absolute Gasteiger partial charge is 0.490 e. The molecule has 1 saturated heterocycles. The Labute approximate surface area is 258 Å². The molecule has 0 bridgehead atoms. The van der Waals surface area contributed by atoms with Crippen molar-refractivity contribution in [2.45, 2.75) is 19.5 Å². The van der Waals surface area contributed by atoms with Crippen LogP contribution in [0.3, 0.4) is 0 Å². The second kappa shape index (κ2) is 13.0. The second-order valence-corrected chi connectivity index (χ2v) is 10.8. The average molecular weight is 622 g/mol. The number of benzene rings is 2. The van der Waals surface area contributed by atoms with Crippen LogP contribution in [-0.2, 0) is 16.0 Å². The van der Waals surface area contributed by atoms with E-state index in [1.54, 1.807) is 6.20 Å². The molecule has 0 radical (unpaired) electrons. The molecule has 12 heteroatoms. The molecule has 2 aliphatic heterocycles. The Kier molecular flexibility index (Phi) is 9.14. The molecule has 2 N–H and O–H groups in total. The molecule has 0 atom stereocenters. The Bertz CT molecular complexity index is 1710. The summed E-state index contributed by atoms with van der Waals surface area (Å²) in [5, 5.41) is 8.08. The maximum Gasteiger partial charge on any atom is 0.490 e. The summed E-state index contributed by atoms with van der Waals surface area (Å²) in [7, 11) is 2.17. The lowest BCUT2D eigenvalue weighted by Crippen LogP contribution is -2.44. The number of rotatable bonds is 6. The zero-order chi connectivity index (χ0) is 32.3. The van der Waals surface area contributed by atoms with Gasteiger partial charge in [-0.2, -0.15) is 13.2 Å². The molecule has 0 saturated carbocycles. The average Bonchev–Trinajstić information content (AvgIpc) is 3.63. The Balaban J connectivity index is 0.000000515. The van der Waals surface area contributed by atoms with Crippen LogP contribution >= 0.6 is 0 Å². The van der Waals surface area contributed by atoms with Crippen LogP contribution in [0, 0.1) is 0 Å². The largest absolute Gasteiger partial charge is 0.493 e. The topological polar surface area (TPSA) is 102 Å². The summed E-state index contributed by atoms with van der Waals surface area (Å²) in [6.45, 7) is 11.1. The molecule has 6 rings (SSSR count). The molecule has 4 aromatic rings. The summed E-state index contributed by atoms with van der Waals surface area (Å²) in [6, 6.07) is 17.1. The Morgan fingerprint density at radius 3 is 2.33 bits per heavy atom. The number of carbonyl (C=O) groups is 2. The summed E-state index contributed by atoms with van der Waals surface area (Å²) in [4.78, 5) is 36.3. The fourth-order valence-electron chi connectivity index (χ4n) is 5.64. The molecule has 2 aromatic carbocycles. The highest BCUT2D eigenvalue weighted by Gasteiger charge is 2.38. The molecule has 4 heterocycles. The molecule has 9 nitrogen and oxygen atoms in total. The van der Waals surface area contributed by atoms with Gasteiger partial charge >= 0.3 is 12.1 Å². The Morgan fingerprint density at radius 2 is 1.71 bits per heavy atom. The number of pyridine rings is 1. The third kappa shape index (κ3) is 6.65. The molecule has 1 fully saturated rings. The lowest BCUT2D eigenvalue weighted by molar-refractivity contribution is -0.192. The first-order valence-corrected chi connectivity index (χ1v) is 14.6. The predicted octanol–water partition coefficient (Wildman–Crippen LogP) is 5.76. The van der Waals surface area contributed by atoms with E-state index in [-0.39, 0.29) is 5.91 Å². The number of alkyl halides is 3. The van der Waals surface area contributed by atoms with Crippen molar-refractivity contribution in [3.63, 3.8) is 0 Å². The first kappa shape index (κ1) is 31.6. The van der Waals surface area contributed by atoms with Gasteiger partial charge < -0.3 is 29.5 Å². The predicted molar refractivity (Wildman–Crippen MR) is 168 cm³/mol. The number of aliphatic carboxylic acids is 1. The lowest BCUT2D eigenvalue weighted by Gasteiger charge is -2.34. The fraction of sp³-hybridized carbons (Fsp3) is 0.303. The maximum atomic E-state index is 12.6. The van der Waals surface area contributed by atoms with Crippen molar-refractivity contribution in [1.29, 1.82) is 0 Å². The third-order valence-corrected chi connectivity index (χ3v) is 7.93. The number of amides is 1. The number of H-pyrrole nitrogens is 1. The van der Waals surface area contributed by atoms with Crippen LogP contribution in [0.1, 0.15) is 12.5 Å². The van der Waals surface area contributed by atoms with E-state index >= 15 is 0 Å². The van der Waals surface area contributed by atoms with Gasteiger partial charge in [-0.15, -0.1) is 0 Å². The van der Waals surface area contributed by atoms with Crippen molar-refractivity contribution >= 4 is 34.3 Å². The minimum absolute atomic E-state index is 0.0729. The van der Waals surface area contributed by atoms with Gasteiger partial charge in [0.15, 0.2) is 0 Å². The molecule has 0 unspecified atom stereocenters. The number of aromatic amines is 1. The molecule has 1 amide bonds. The number of aromatic nitrogens is 2. The fourth-order valence-corrected chi connectivity index (χ4v) is 5.64. The van der Waals surface area contributed by atoms with E-state index < -0.39 is 12.1 Å². The van der Waals surface area contributed by atoms with Crippen LogP contribution in [0.2, 0.25) is 0 Å². The molecule has 2 aliphatic rings. The SMILES string of the molecule is C=CC(=O)N1CCc2ccc(-c3c(-c4ccc(N5CCN(C)CC5)cc4)[nH]c4nccc(OCC)c34)cc21.O=C(O)C(F)(F)F. The number of anilines is 2. The molecular weight excluding hydrogens is 587 g/mol. The summed E-state index contributed by atoms with van der Waals surface area (Å²) in [6.07, 6.45) is -1.07. The number of hydrogen-bond acceptors (Lipinski definition) is 6. The number of nitrogens with zero attached hydrogens (tertiary/aromatic N) is 4. The summed E-state index contributed by atoms with van der Waals surface area (Å²) >= 11 is 0. The Morgan fingerprint density at radius 1 is 1.04 bits per heavy atom. The number of likely N-dealkylation sites (N-methyl/N-ethyl adjacent to an activating group) is 1. The van der Waals surface area contributed by atoms with Crippen LogP contribution in [0.15, 0.2) is 67.4 Å². The van der Waals surface area contributed by atoms with Gasteiger partial charge in [0.1, 0.15) is 11.4 Å². The quantitative estimate of drug-likeness (QED) is 0.264. The van der Waals surface area contributed by atoms with E-state index in [1.807, 2.05) is 17.9 Å². The number of carboxylic acid groups (broad SMARTS) is 1. The van der Waals surface area contributed by atoms with E-state index in [1.165, 1.54) is 17.3 Å². The van der Waals surface area contributed by atoms with Gasteiger partial charge in [0.25, 0.3) is 0 Å². The lowest BCUT2D eigenvalue weighted by atomic mass is 9.96. The van der Waals surface area contributed by atoms with Gasteiger partial charge in [-0.1, -0.05) is 30.8 Å². The number of nitrogens with one attached hydrogen (secondary N) is 1. The maximum absolute atomic E-state index is 12.6. The zero-order valence-electron chi connectivity index (χ0n) is 25.0. The number of carbonyl (C=O) groups excluding carboxylic acids is 1. The number of fused-ring (bicyclic) bond motifs is 2. The third-order valence-electron chi connectivity index (χ3n) is 7.93. The normalized spacial score (nSPS) is 15.0. The monoisotopic (exact) mass is 621 g/mol. The van der Waals surface area contributed by atoms with Gasteiger partial charge in [0.05, 0.1) is 17.7 Å². The first-order chi connectivity index (χ1) is 21.5. The highest BCUT2D eigenvalue weighted by Crippen LogP contribution is 2.44. The van der Waals surface area contributed by atoms with Crippen molar-refractivity contribution in [3.05, 3.63) is 72.9 Å². The van der Waals surface area contributed by atoms with Crippen molar-refractivity contribution < 1.29 is 32.6 Å². The van der Waals surface area contributed by atoms with Gasteiger partial charge in [-0.25, -0.2) is 9.78 Å². The molecule has 0 spiro atoms. The number of halogens is 3. The minimum Gasteiger partial charge on any atom is -0.493 e. The van der Waals surface area contributed by atoms with Gasteiger partial charge in [-0.05, 0) is 67.4 Å². The standard InChI is InChI=1S/C31H33N5O2.C2HF3O2/c1-4-27(37)36-15-13-21-6-7-23(20-25(21)36)28-29-26(38-5-2)12-14-32-31(29)33-30(28)22-8-10-24(11-9-22)35-18-16-34(3)17-19-35;3-2(4,5)1(6)7/h4,6-12,14,20H,1,5,13,15-19H2,2-3H3,(H,32,33);(H,6,7). The highest BCUT2D eigenvalue weighted by molar-refractivity contribution is 6.07. The van der Waals surface area contributed by atoms with Crippen LogP contribution in [-0.4, -0.2) is 84.4 Å². The highest BCUT2D eigenvalue weighted by atomic mass is 19.4. The number of piperazine rings is 1. The van der Waals surface area contributed by atoms with E-state index in [0.29, 0.717) is 13.2 Å². The summed E-state index contributed by atoms with van der Waals surface area (Å²) in [5.74, 6) is -2.03. The van der Waals surface area contributed by atoms with Crippen molar-refractivity contribution in [3.8, 4) is 28.1 Å². The molecule has 2 aromatic heterocycles. The molecule has 45 heavy (non-hydrogen) atoms. The summed E-state index contributed by atoms with van der Waals surface area (Å²) < 4.78 is 37.8. The van der Waals surface area contributed by atoms with Crippen molar-refractivity contribution in [1.82, 2.24) is 14.9 Å². The second-order valence-electron chi connectivity index (χ2n) is 10.8. The zero-order valence-corrected chi connectivity index (χ0v) is 25.0. The van der Waals surface area contributed by atoms with Crippen LogP contribution in [0.5, 0.6) is 5.75 Å². The first-order valence-electron chi connectivity index (χ1n) is 14.6. The van der Waals surface area contributed by atoms with E-state index in [2.05, 4.69) is 75.9 Å². The van der Waals surface area contributed by atoms with E-state index in [0.717, 1.165) is 77.5 Å². The molecule has 0 aliphatic carbocycles. The van der Waals surface area contributed by atoms with Gasteiger partial charge in [0.2, 0.25) is 5.91 Å². The molecular formula is C33H34F3N5O4. The van der Waals surface area contributed by atoms with E-state index in [9.17, 15) is 18.0 Å². The summed E-state index contributed by atoms with van der Waals surface area (Å²) in [5.41, 5.74) is 8.26. The minimum atomic E-state index is -5.08. The van der Waals surface area contributed by atoms with Crippen LogP contribution in [0.4, 0.5) is 24.5 Å². The number of hydrogen-bond donors (Lipinski definition) is 2. The van der Waals surface area contributed by atoms with E-state index in [4.69, 9.17) is 14.6 Å². The van der Waals surface area contributed by atoms with Crippen LogP contribution < -0.4 is 14.5 Å². The number of carboxylic acids is 1. The molecule has 236 valence electrons.